The van der Waals surface area contributed by atoms with Crippen LogP contribution in [-0.2, 0) is 16.0 Å². The smallest absolute Gasteiger partial charge is 0.308 e. The molecule has 21 heavy (non-hydrogen) atoms. The predicted molar refractivity (Wildman–Crippen MR) is 78.9 cm³/mol. The highest BCUT2D eigenvalue weighted by molar-refractivity contribution is 5.71. The summed E-state index contributed by atoms with van der Waals surface area (Å²) in [6, 6.07) is 8.70. The van der Waals surface area contributed by atoms with Gasteiger partial charge in [-0.15, -0.1) is 0 Å². The highest BCUT2D eigenvalue weighted by Crippen LogP contribution is 2.51. The van der Waals surface area contributed by atoms with Crippen molar-refractivity contribution in [2.24, 2.45) is 5.92 Å². The zero-order valence-corrected chi connectivity index (χ0v) is 12.3. The number of aliphatic hydroxyl groups excluding tert-OH is 1. The van der Waals surface area contributed by atoms with E-state index in [1.54, 1.807) is 0 Å². The van der Waals surface area contributed by atoms with Crippen molar-refractivity contribution < 1.29 is 14.6 Å². The molecule has 1 aliphatic heterocycles. The van der Waals surface area contributed by atoms with Gasteiger partial charge in [-0.05, 0) is 55.1 Å². The number of ether oxygens (including phenoxy) is 1. The van der Waals surface area contributed by atoms with Crippen molar-refractivity contribution in [3.8, 4) is 0 Å². The van der Waals surface area contributed by atoms with Gasteiger partial charge in [0.25, 0.3) is 0 Å². The van der Waals surface area contributed by atoms with Crippen LogP contribution in [0.1, 0.15) is 55.6 Å². The molecule has 1 saturated carbocycles. The van der Waals surface area contributed by atoms with Gasteiger partial charge in [-0.1, -0.05) is 24.3 Å². The second-order valence-electron chi connectivity index (χ2n) is 7.07. The molecule has 1 aromatic rings. The van der Waals surface area contributed by atoms with E-state index in [9.17, 15) is 9.90 Å². The van der Waals surface area contributed by atoms with Gasteiger partial charge in [0.1, 0.15) is 5.60 Å². The number of hydrogen-bond donors (Lipinski definition) is 1. The molecule has 0 amide bonds. The lowest BCUT2D eigenvalue weighted by molar-refractivity contribution is -0.183. The van der Waals surface area contributed by atoms with Crippen LogP contribution in [-0.4, -0.2) is 22.8 Å². The topological polar surface area (TPSA) is 46.5 Å². The van der Waals surface area contributed by atoms with Gasteiger partial charge in [-0.3, -0.25) is 4.79 Å². The van der Waals surface area contributed by atoms with Gasteiger partial charge in [0.2, 0.25) is 0 Å². The van der Waals surface area contributed by atoms with Gasteiger partial charge in [0, 0.05) is 6.42 Å². The standard InChI is InChI=1S/C18H22O3/c19-14-9-17(20)21-18(10-14)8-7-13-6-5-12-3-1-2-4-15(12)16(13)11-18/h1-4,13-14,16,19H,5-11H2/t13-,14?,16+,18?/m1/s1. The first-order chi connectivity index (χ1) is 10.2. The third kappa shape index (κ3) is 2.28. The van der Waals surface area contributed by atoms with E-state index >= 15 is 0 Å². The van der Waals surface area contributed by atoms with Crippen LogP contribution in [0.25, 0.3) is 0 Å². The molecule has 0 bridgehead atoms. The summed E-state index contributed by atoms with van der Waals surface area (Å²) in [5.74, 6) is 0.974. The summed E-state index contributed by atoms with van der Waals surface area (Å²) >= 11 is 0. The molecule has 4 atom stereocenters. The molecular formula is C18H22O3. The SMILES string of the molecule is O=C1CC(O)CC2(CC[C@H]3CCc4ccccc4[C@H]3C2)O1. The van der Waals surface area contributed by atoms with Crippen molar-refractivity contribution >= 4 is 5.97 Å². The highest BCUT2D eigenvalue weighted by Gasteiger charge is 2.48. The summed E-state index contributed by atoms with van der Waals surface area (Å²) in [4.78, 5) is 11.8. The highest BCUT2D eigenvalue weighted by atomic mass is 16.6. The molecule has 0 aromatic heterocycles. The summed E-state index contributed by atoms with van der Waals surface area (Å²) in [6.07, 6.45) is 5.58. The van der Waals surface area contributed by atoms with E-state index in [1.165, 1.54) is 24.0 Å². The molecule has 1 heterocycles. The molecule has 1 saturated heterocycles. The number of esters is 1. The molecule has 3 heteroatoms. The van der Waals surface area contributed by atoms with E-state index in [0.717, 1.165) is 19.3 Å². The van der Waals surface area contributed by atoms with Crippen molar-refractivity contribution in [2.45, 2.75) is 62.6 Å². The van der Waals surface area contributed by atoms with E-state index in [-0.39, 0.29) is 12.4 Å². The summed E-state index contributed by atoms with van der Waals surface area (Å²) in [5.41, 5.74) is 2.49. The fourth-order valence-corrected chi connectivity index (χ4v) is 4.79. The number of benzene rings is 1. The number of hydrogen-bond acceptors (Lipinski definition) is 3. The van der Waals surface area contributed by atoms with Gasteiger partial charge in [-0.2, -0.15) is 0 Å². The number of fused-ring (bicyclic) bond motifs is 3. The summed E-state index contributed by atoms with van der Waals surface area (Å²) in [7, 11) is 0. The lowest BCUT2D eigenvalue weighted by Gasteiger charge is -2.48. The van der Waals surface area contributed by atoms with E-state index < -0.39 is 11.7 Å². The predicted octanol–water partition coefficient (Wildman–Crippen LogP) is 2.95. The first kappa shape index (κ1) is 13.3. The molecule has 1 spiro atoms. The number of carbonyl (C=O) groups excluding carboxylic acids is 1. The Balaban J connectivity index is 1.65. The molecular weight excluding hydrogens is 264 g/mol. The molecule has 1 N–H and O–H groups in total. The summed E-state index contributed by atoms with van der Waals surface area (Å²) in [6.45, 7) is 0. The minimum Gasteiger partial charge on any atom is -0.459 e. The van der Waals surface area contributed by atoms with Gasteiger partial charge in [-0.25, -0.2) is 0 Å². The van der Waals surface area contributed by atoms with Crippen LogP contribution < -0.4 is 0 Å². The van der Waals surface area contributed by atoms with Crippen molar-refractivity contribution in [1.29, 1.82) is 0 Å². The maximum Gasteiger partial charge on any atom is 0.308 e. The summed E-state index contributed by atoms with van der Waals surface area (Å²) < 4.78 is 5.75. The Hall–Kier alpha value is -1.35. The second-order valence-corrected chi connectivity index (χ2v) is 7.07. The minimum absolute atomic E-state index is 0.159. The third-order valence-corrected chi connectivity index (χ3v) is 5.71. The van der Waals surface area contributed by atoms with E-state index in [2.05, 4.69) is 24.3 Å². The number of rotatable bonds is 0. The van der Waals surface area contributed by atoms with Crippen molar-refractivity contribution in [2.75, 3.05) is 0 Å². The quantitative estimate of drug-likeness (QED) is 0.746. The van der Waals surface area contributed by atoms with Gasteiger partial charge < -0.3 is 9.84 Å². The Labute approximate surface area is 125 Å². The average molecular weight is 286 g/mol. The average Bonchev–Trinajstić information content (AvgIpc) is 2.46. The number of aryl methyl sites for hydroxylation is 1. The maximum atomic E-state index is 11.8. The Kier molecular flexibility index (Phi) is 3.07. The third-order valence-electron chi connectivity index (χ3n) is 5.71. The Morgan fingerprint density at radius 1 is 1.19 bits per heavy atom. The van der Waals surface area contributed by atoms with Crippen molar-refractivity contribution in [3.63, 3.8) is 0 Å². The lowest BCUT2D eigenvalue weighted by Crippen LogP contribution is -2.49. The largest absolute Gasteiger partial charge is 0.459 e. The molecule has 112 valence electrons. The Morgan fingerprint density at radius 3 is 2.90 bits per heavy atom. The molecule has 4 rings (SSSR count). The number of carbonyl (C=O) groups is 1. The van der Waals surface area contributed by atoms with E-state index in [1.807, 2.05) is 0 Å². The van der Waals surface area contributed by atoms with Crippen LogP contribution in [0, 0.1) is 5.92 Å². The monoisotopic (exact) mass is 286 g/mol. The van der Waals surface area contributed by atoms with Crippen LogP contribution in [0.4, 0.5) is 0 Å². The molecule has 2 unspecified atom stereocenters. The minimum atomic E-state index is -0.526. The maximum absolute atomic E-state index is 11.8. The van der Waals surface area contributed by atoms with E-state index in [4.69, 9.17) is 4.74 Å². The molecule has 0 radical (unpaired) electrons. The first-order valence-corrected chi connectivity index (χ1v) is 8.13. The fourth-order valence-electron chi connectivity index (χ4n) is 4.79. The van der Waals surface area contributed by atoms with Crippen molar-refractivity contribution in [3.05, 3.63) is 35.4 Å². The molecule has 3 nitrogen and oxygen atoms in total. The number of aliphatic hydroxyl groups is 1. The van der Waals surface area contributed by atoms with Gasteiger partial charge >= 0.3 is 5.97 Å². The second kappa shape index (κ2) is 4.84. The molecule has 2 fully saturated rings. The van der Waals surface area contributed by atoms with Crippen LogP contribution in [0.5, 0.6) is 0 Å². The Morgan fingerprint density at radius 2 is 2.05 bits per heavy atom. The van der Waals surface area contributed by atoms with Gasteiger partial charge in [0.05, 0.1) is 12.5 Å². The zero-order valence-electron chi connectivity index (χ0n) is 12.3. The fraction of sp³-hybridized carbons (Fsp3) is 0.611. The van der Waals surface area contributed by atoms with Crippen LogP contribution >= 0.6 is 0 Å². The lowest BCUT2D eigenvalue weighted by atomic mass is 9.62. The molecule has 3 aliphatic rings. The normalized spacial score (nSPS) is 38.5. The van der Waals surface area contributed by atoms with E-state index in [0.29, 0.717) is 18.3 Å². The van der Waals surface area contributed by atoms with Gasteiger partial charge in [0.15, 0.2) is 0 Å². The van der Waals surface area contributed by atoms with Crippen LogP contribution in [0.15, 0.2) is 24.3 Å². The summed E-state index contributed by atoms with van der Waals surface area (Å²) in [5, 5.41) is 9.99. The van der Waals surface area contributed by atoms with Crippen LogP contribution in [0.3, 0.4) is 0 Å². The molecule has 2 aliphatic carbocycles. The first-order valence-electron chi connectivity index (χ1n) is 8.13. The van der Waals surface area contributed by atoms with Crippen LogP contribution in [0.2, 0.25) is 0 Å². The van der Waals surface area contributed by atoms with Crippen molar-refractivity contribution in [1.82, 2.24) is 0 Å². The molecule has 1 aromatic carbocycles. The Bertz CT molecular complexity index is 567. The zero-order chi connectivity index (χ0) is 14.4.